The minimum atomic E-state index is -0.277. The van der Waals surface area contributed by atoms with Crippen molar-refractivity contribution in [2.24, 2.45) is 23.7 Å². The lowest BCUT2D eigenvalue weighted by molar-refractivity contribution is 0.152. The highest BCUT2D eigenvalue weighted by molar-refractivity contribution is 6.31. The van der Waals surface area contributed by atoms with Gasteiger partial charge in [0.1, 0.15) is 5.82 Å². The highest BCUT2D eigenvalue weighted by atomic mass is 35.5. The molecule has 1 aromatic rings. The van der Waals surface area contributed by atoms with Crippen molar-refractivity contribution in [3.63, 3.8) is 0 Å². The third-order valence-corrected chi connectivity index (χ3v) is 7.39. The molecule has 0 N–H and O–H groups in total. The van der Waals surface area contributed by atoms with Crippen LogP contribution in [0.3, 0.4) is 0 Å². The predicted molar refractivity (Wildman–Crippen MR) is 111 cm³/mol. The van der Waals surface area contributed by atoms with Crippen molar-refractivity contribution in [1.29, 1.82) is 0 Å². The second-order valence-corrected chi connectivity index (χ2v) is 9.08. The summed E-state index contributed by atoms with van der Waals surface area (Å²) in [7, 11) is 0. The Labute approximate surface area is 164 Å². The van der Waals surface area contributed by atoms with Crippen LogP contribution in [-0.4, -0.2) is 0 Å². The molecule has 0 aromatic heterocycles. The molecule has 0 bridgehead atoms. The van der Waals surface area contributed by atoms with E-state index in [2.05, 4.69) is 13.0 Å². The summed E-state index contributed by atoms with van der Waals surface area (Å²) in [5.41, 5.74) is 1.42. The summed E-state index contributed by atoms with van der Waals surface area (Å²) in [5.74, 6) is 3.24. The van der Waals surface area contributed by atoms with Gasteiger partial charge in [0.15, 0.2) is 0 Å². The van der Waals surface area contributed by atoms with Gasteiger partial charge in [-0.25, -0.2) is 4.39 Å². The Balaban J connectivity index is 1.48. The largest absolute Gasteiger partial charge is 0.205 e. The highest BCUT2D eigenvalue weighted by Crippen LogP contribution is 2.42. The first kappa shape index (κ1) is 19.9. The molecule has 0 spiro atoms. The fourth-order valence-corrected chi connectivity index (χ4v) is 5.37. The molecule has 3 rings (SSSR count). The second-order valence-electron chi connectivity index (χ2n) is 8.70. The van der Waals surface area contributed by atoms with E-state index in [1.807, 2.05) is 25.1 Å². The molecule has 0 heterocycles. The van der Waals surface area contributed by atoms with Crippen molar-refractivity contribution in [2.75, 3.05) is 0 Å². The molecule has 0 amide bonds. The van der Waals surface area contributed by atoms with Crippen molar-refractivity contribution >= 4 is 17.7 Å². The maximum atomic E-state index is 14.2. The molecule has 0 aliphatic heterocycles. The predicted octanol–water partition coefficient (Wildman–Crippen LogP) is 8.21. The first-order valence-corrected chi connectivity index (χ1v) is 11.1. The Hall–Kier alpha value is -0.820. The summed E-state index contributed by atoms with van der Waals surface area (Å²) in [6.45, 7) is 4.16. The third-order valence-electron chi connectivity index (χ3n) is 6.92. The Morgan fingerprint density at radius 3 is 2.23 bits per heavy atom. The summed E-state index contributed by atoms with van der Waals surface area (Å²) in [5, 5.41) is 0.259. The Morgan fingerprint density at radius 1 is 1.00 bits per heavy atom. The van der Waals surface area contributed by atoms with Crippen LogP contribution < -0.4 is 0 Å². The van der Waals surface area contributed by atoms with E-state index in [9.17, 15) is 4.39 Å². The average molecular weight is 377 g/mol. The molecule has 26 heavy (non-hydrogen) atoms. The summed E-state index contributed by atoms with van der Waals surface area (Å²) in [4.78, 5) is 0. The van der Waals surface area contributed by atoms with E-state index in [-0.39, 0.29) is 10.8 Å². The number of allylic oxidation sites excluding steroid dienone is 1. The first-order chi connectivity index (χ1) is 12.6. The molecule has 2 fully saturated rings. The summed E-state index contributed by atoms with van der Waals surface area (Å²) >= 11 is 6.03. The van der Waals surface area contributed by atoms with Crippen LogP contribution in [0.15, 0.2) is 18.2 Å². The standard InChI is InChI=1S/C24H34ClF/c1-3-4-18-6-12-20(13-7-18)21-14-8-19(9-15-21)10-16-22-11-5-17(2)23(25)24(22)26/h5,10-11,16,18-21H,3-4,6-9,12-15H2,1-2H3. The SMILES string of the molecule is CCCC1CCC(C2CCC(C=Cc3ccc(C)c(Cl)c3F)CC2)CC1. The minimum Gasteiger partial charge on any atom is -0.205 e. The van der Waals surface area contributed by atoms with Crippen LogP contribution in [0.25, 0.3) is 6.08 Å². The zero-order valence-corrected chi connectivity index (χ0v) is 17.2. The fraction of sp³-hybridized carbons (Fsp3) is 0.667. The van der Waals surface area contributed by atoms with Crippen LogP contribution in [0.1, 0.15) is 82.3 Å². The molecule has 1 aromatic carbocycles. The quantitative estimate of drug-likeness (QED) is 0.485. The Morgan fingerprint density at radius 2 is 1.62 bits per heavy atom. The van der Waals surface area contributed by atoms with Crippen molar-refractivity contribution in [3.8, 4) is 0 Å². The van der Waals surface area contributed by atoms with Gasteiger partial charge in [-0.2, -0.15) is 0 Å². The highest BCUT2D eigenvalue weighted by Gasteiger charge is 2.30. The van der Waals surface area contributed by atoms with Crippen LogP contribution >= 0.6 is 11.6 Å². The lowest BCUT2D eigenvalue weighted by Gasteiger charge is -2.37. The second kappa shape index (κ2) is 9.40. The maximum Gasteiger partial charge on any atom is 0.149 e. The maximum absolute atomic E-state index is 14.2. The van der Waals surface area contributed by atoms with Crippen molar-refractivity contribution in [1.82, 2.24) is 0 Å². The number of halogens is 2. The molecule has 0 unspecified atom stereocenters. The van der Waals surface area contributed by atoms with Gasteiger partial charge in [0.25, 0.3) is 0 Å². The normalized spacial score (nSPS) is 30.0. The van der Waals surface area contributed by atoms with Gasteiger partial charge in [-0.1, -0.05) is 68.5 Å². The van der Waals surface area contributed by atoms with E-state index < -0.39 is 0 Å². The van der Waals surface area contributed by atoms with Gasteiger partial charge in [-0.15, -0.1) is 0 Å². The lowest BCUT2D eigenvalue weighted by atomic mass is 9.68. The fourth-order valence-electron chi connectivity index (χ4n) is 5.19. The number of rotatable bonds is 5. The molecule has 2 heteroatoms. The molecule has 2 aliphatic rings. The van der Waals surface area contributed by atoms with Gasteiger partial charge < -0.3 is 0 Å². The molecule has 0 nitrogen and oxygen atoms in total. The average Bonchev–Trinajstić information content (AvgIpc) is 2.67. The number of aryl methyl sites for hydroxylation is 1. The Kier molecular flexibility index (Phi) is 7.20. The van der Waals surface area contributed by atoms with Gasteiger partial charge in [-0.05, 0) is 74.7 Å². The third kappa shape index (κ3) is 4.91. The minimum absolute atomic E-state index is 0.259. The summed E-state index contributed by atoms with van der Waals surface area (Å²) in [6, 6.07) is 3.74. The van der Waals surface area contributed by atoms with Gasteiger partial charge in [0.2, 0.25) is 0 Å². The van der Waals surface area contributed by atoms with E-state index in [0.717, 1.165) is 23.3 Å². The van der Waals surface area contributed by atoms with E-state index >= 15 is 0 Å². The van der Waals surface area contributed by atoms with Crippen LogP contribution in [0, 0.1) is 36.4 Å². The van der Waals surface area contributed by atoms with Crippen LogP contribution in [-0.2, 0) is 0 Å². The van der Waals surface area contributed by atoms with Crippen LogP contribution in [0.4, 0.5) is 4.39 Å². The zero-order valence-electron chi connectivity index (χ0n) is 16.4. The van der Waals surface area contributed by atoms with Crippen molar-refractivity contribution in [2.45, 2.75) is 78.1 Å². The van der Waals surface area contributed by atoms with E-state index in [1.54, 1.807) is 0 Å². The molecule has 2 aliphatic carbocycles. The smallest absolute Gasteiger partial charge is 0.149 e. The topological polar surface area (TPSA) is 0 Å². The van der Waals surface area contributed by atoms with E-state index in [1.165, 1.54) is 64.2 Å². The molecule has 144 valence electrons. The van der Waals surface area contributed by atoms with Crippen molar-refractivity contribution < 1.29 is 4.39 Å². The lowest BCUT2D eigenvalue weighted by Crippen LogP contribution is -2.25. The van der Waals surface area contributed by atoms with Gasteiger partial charge in [0.05, 0.1) is 5.02 Å². The van der Waals surface area contributed by atoms with Gasteiger partial charge in [-0.3, -0.25) is 0 Å². The van der Waals surface area contributed by atoms with Crippen LogP contribution in [0.5, 0.6) is 0 Å². The molecule has 0 radical (unpaired) electrons. The molecular weight excluding hydrogens is 343 g/mol. The monoisotopic (exact) mass is 376 g/mol. The molecule has 0 saturated heterocycles. The summed E-state index contributed by atoms with van der Waals surface area (Å²) in [6.07, 6.45) is 18.0. The Bertz CT molecular complexity index is 605. The van der Waals surface area contributed by atoms with E-state index in [0.29, 0.717) is 11.5 Å². The van der Waals surface area contributed by atoms with Gasteiger partial charge >= 0.3 is 0 Å². The molecule has 0 atom stereocenters. The van der Waals surface area contributed by atoms with E-state index in [4.69, 9.17) is 11.6 Å². The van der Waals surface area contributed by atoms with Gasteiger partial charge in [0, 0.05) is 5.56 Å². The molecular formula is C24H34ClF. The number of benzene rings is 1. The summed E-state index contributed by atoms with van der Waals surface area (Å²) < 4.78 is 14.2. The first-order valence-electron chi connectivity index (χ1n) is 10.7. The van der Waals surface area contributed by atoms with Crippen molar-refractivity contribution in [3.05, 3.63) is 40.2 Å². The zero-order chi connectivity index (χ0) is 18.5. The molecule has 2 saturated carbocycles. The van der Waals surface area contributed by atoms with Crippen LogP contribution in [0.2, 0.25) is 5.02 Å². The number of hydrogen-bond donors (Lipinski definition) is 0. The number of hydrogen-bond acceptors (Lipinski definition) is 0.